The number of halogens is 1. The van der Waals surface area contributed by atoms with Gasteiger partial charge in [-0.25, -0.2) is 0 Å². The number of carbonyl (C=O) groups is 3. The normalized spacial score (nSPS) is 15.4. The van der Waals surface area contributed by atoms with Crippen LogP contribution in [-0.4, -0.2) is 47.4 Å². The summed E-state index contributed by atoms with van der Waals surface area (Å²) in [4.78, 5) is 44.7. The monoisotopic (exact) mass is 478 g/mol. The van der Waals surface area contributed by atoms with Crippen molar-refractivity contribution in [3.8, 4) is 0 Å². The predicted octanol–water partition coefficient (Wildman–Crippen LogP) is 3.53. The molecule has 3 amide bonds. The first-order valence-corrected chi connectivity index (χ1v) is 11.0. The largest absolute Gasteiger partial charge is 0.375 e. The van der Waals surface area contributed by atoms with Crippen molar-refractivity contribution in [3.05, 3.63) is 88.7 Å². The van der Waals surface area contributed by atoms with E-state index in [1.165, 1.54) is 12.0 Å². The lowest BCUT2D eigenvalue weighted by atomic mass is 10.1. The van der Waals surface area contributed by atoms with Gasteiger partial charge in [0.25, 0.3) is 5.91 Å². The molecule has 1 atom stereocenters. The second-order valence-electron chi connectivity index (χ2n) is 7.83. The van der Waals surface area contributed by atoms with Crippen LogP contribution in [0.2, 0.25) is 5.02 Å². The zero-order valence-corrected chi connectivity index (χ0v) is 19.2. The third-order valence-corrected chi connectivity index (χ3v) is 5.61. The van der Waals surface area contributed by atoms with Crippen molar-refractivity contribution in [1.82, 2.24) is 9.88 Å². The predicted molar refractivity (Wildman–Crippen MR) is 129 cm³/mol. The van der Waals surface area contributed by atoms with Gasteiger partial charge < -0.3 is 20.3 Å². The fourth-order valence-electron chi connectivity index (χ4n) is 3.83. The fourth-order valence-corrected chi connectivity index (χ4v) is 4.01. The van der Waals surface area contributed by atoms with Gasteiger partial charge in [-0.1, -0.05) is 29.8 Å². The van der Waals surface area contributed by atoms with Crippen molar-refractivity contribution in [2.75, 3.05) is 24.4 Å². The second-order valence-corrected chi connectivity index (χ2v) is 8.27. The molecule has 1 aliphatic heterocycles. The number of carbonyl (C=O) groups excluding carboxylic acids is 3. The Kier molecular flexibility index (Phi) is 7.20. The number of aromatic nitrogens is 1. The first kappa shape index (κ1) is 23.4. The molecular weight excluding hydrogens is 456 g/mol. The van der Waals surface area contributed by atoms with Crippen LogP contribution in [-0.2, 0) is 27.3 Å². The fraction of sp³-hybridized carbons (Fsp3) is 0.200. The van der Waals surface area contributed by atoms with Gasteiger partial charge in [0.05, 0.1) is 11.3 Å². The van der Waals surface area contributed by atoms with Crippen LogP contribution in [0, 0.1) is 0 Å². The zero-order valence-electron chi connectivity index (χ0n) is 18.5. The Morgan fingerprint density at radius 1 is 1.15 bits per heavy atom. The Balaban J connectivity index is 1.68. The minimum absolute atomic E-state index is 0.0689. The molecule has 0 saturated heterocycles. The molecule has 0 spiro atoms. The number of fused-ring (bicyclic) bond motifs is 1. The third-order valence-electron chi connectivity index (χ3n) is 5.38. The number of nitrogens with one attached hydrogen (secondary N) is 2. The van der Waals surface area contributed by atoms with E-state index in [0.717, 1.165) is 5.56 Å². The number of hydrogen-bond donors (Lipinski definition) is 2. The third kappa shape index (κ3) is 5.41. The lowest BCUT2D eigenvalue weighted by molar-refractivity contribution is -0.121. The van der Waals surface area contributed by atoms with Gasteiger partial charge in [0.15, 0.2) is 0 Å². The molecule has 4 rings (SSSR count). The van der Waals surface area contributed by atoms with Gasteiger partial charge >= 0.3 is 0 Å². The number of methoxy groups -OCH3 is 1. The number of hydrogen-bond acceptors (Lipinski definition) is 5. The summed E-state index contributed by atoms with van der Waals surface area (Å²) in [5.74, 6) is -0.923. The van der Waals surface area contributed by atoms with E-state index in [2.05, 4.69) is 15.6 Å². The van der Waals surface area contributed by atoms with Crippen molar-refractivity contribution in [2.45, 2.75) is 19.0 Å². The van der Waals surface area contributed by atoms with Crippen molar-refractivity contribution < 1.29 is 19.1 Å². The summed E-state index contributed by atoms with van der Waals surface area (Å²) in [6.45, 7) is 0.0836. The highest BCUT2D eigenvalue weighted by atomic mass is 35.5. The van der Waals surface area contributed by atoms with Gasteiger partial charge in [0.2, 0.25) is 11.8 Å². The van der Waals surface area contributed by atoms with Crippen LogP contribution >= 0.6 is 11.6 Å². The van der Waals surface area contributed by atoms with Gasteiger partial charge in [0.1, 0.15) is 12.6 Å². The van der Waals surface area contributed by atoms with Gasteiger partial charge in [-0.15, -0.1) is 0 Å². The molecular formula is C25H23ClN4O4. The van der Waals surface area contributed by atoms with E-state index in [9.17, 15) is 14.4 Å². The van der Waals surface area contributed by atoms with Crippen LogP contribution in [0.25, 0.3) is 0 Å². The standard InChI is InChI=1S/C25H23ClN4O4/c1-34-15-23(31)28-19-7-4-5-16(11-19)14-30-22(13-18-6-2-3-10-27-18)24(32)29-21-12-17(26)8-9-20(21)25(30)33/h2-12,22H,13-15H2,1H3,(H,28,31)(H,29,32)/t22-/m1/s1. The first-order chi connectivity index (χ1) is 16.4. The maximum atomic E-state index is 13.6. The lowest BCUT2D eigenvalue weighted by Crippen LogP contribution is -2.46. The van der Waals surface area contributed by atoms with Crippen molar-refractivity contribution in [3.63, 3.8) is 0 Å². The molecule has 0 fully saturated rings. The maximum Gasteiger partial charge on any atom is 0.256 e. The van der Waals surface area contributed by atoms with Crippen LogP contribution < -0.4 is 10.6 Å². The van der Waals surface area contributed by atoms with Crippen LogP contribution in [0.15, 0.2) is 66.9 Å². The summed E-state index contributed by atoms with van der Waals surface area (Å²) < 4.78 is 4.85. The summed E-state index contributed by atoms with van der Waals surface area (Å²) in [6, 6.07) is 16.6. The van der Waals surface area contributed by atoms with Gasteiger partial charge in [-0.3, -0.25) is 19.4 Å². The first-order valence-electron chi connectivity index (χ1n) is 10.6. The Labute approximate surface area is 201 Å². The molecule has 2 heterocycles. The van der Waals surface area contributed by atoms with E-state index in [1.54, 1.807) is 48.7 Å². The molecule has 0 saturated carbocycles. The number of ether oxygens (including phenoxy) is 1. The van der Waals surface area contributed by atoms with Crippen LogP contribution in [0.5, 0.6) is 0 Å². The van der Waals surface area contributed by atoms with Gasteiger partial charge in [0, 0.05) is 42.7 Å². The minimum atomic E-state index is -0.805. The molecule has 0 bridgehead atoms. The number of pyridine rings is 1. The highest BCUT2D eigenvalue weighted by Gasteiger charge is 2.36. The zero-order chi connectivity index (χ0) is 24.1. The highest BCUT2D eigenvalue weighted by molar-refractivity contribution is 6.31. The van der Waals surface area contributed by atoms with Crippen molar-refractivity contribution in [2.24, 2.45) is 0 Å². The quantitative estimate of drug-likeness (QED) is 0.541. The van der Waals surface area contributed by atoms with E-state index in [4.69, 9.17) is 16.3 Å². The topological polar surface area (TPSA) is 101 Å². The second kappa shape index (κ2) is 10.5. The summed E-state index contributed by atoms with van der Waals surface area (Å²) >= 11 is 6.11. The van der Waals surface area contributed by atoms with Gasteiger partial charge in [-0.05, 0) is 48.0 Å². The average Bonchev–Trinajstić information content (AvgIpc) is 2.90. The smallest absolute Gasteiger partial charge is 0.256 e. The van der Waals surface area contributed by atoms with E-state index in [1.807, 2.05) is 18.2 Å². The minimum Gasteiger partial charge on any atom is -0.375 e. The molecule has 8 nitrogen and oxygen atoms in total. The average molecular weight is 479 g/mol. The molecule has 34 heavy (non-hydrogen) atoms. The maximum absolute atomic E-state index is 13.6. The Hall–Kier alpha value is -3.75. The number of anilines is 2. The molecule has 1 aromatic heterocycles. The van der Waals surface area contributed by atoms with Gasteiger partial charge in [-0.2, -0.15) is 0 Å². The van der Waals surface area contributed by atoms with Crippen LogP contribution in [0.3, 0.4) is 0 Å². The van der Waals surface area contributed by atoms with E-state index in [-0.39, 0.29) is 37.3 Å². The molecule has 1 aliphatic rings. The summed E-state index contributed by atoms with van der Waals surface area (Å²) in [6.07, 6.45) is 1.89. The molecule has 0 aliphatic carbocycles. The van der Waals surface area contributed by atoms with Crippen molar-refractivity contribution >= 4 is 40.7 Å². The number of rotatable bonds is 7. The number of nitrogens with zero attached hydrogens (tertiary/aromatic N) is 2. The summed E-state index contributed by atoms with van der Waals surface area (Å²) in [5.41, 5.74) is 2.73. The van der Waals surface area contributed by atoms with E-state index < -0.39 is 6.04 Å². The van der Waals surface area contributed by atoms with Crippen LogP contribution in [0.1, 0.15) is 21.6 Å². The summed E-state index contributed by atoms with van der Waals surface area (Å²) in [7, 11) is 1.44. The number of benzene rings is 2. The van der Waals surface area contributed by atoms with Crippen molar-refractivity contribution in [1.29, 1.82) is 0 Å². The molecule has 0 unspecified atom stereocenters. The summed E-state index contributed by atoms with van der Waals surface area (Å²) in [5, 5.41) is 6.02. The Morgan fingerprint density at radius 3 is 2.76 bits per heavy atom. The van der Waals surface area contributed by atoms with E-state index in [0.29, 0.717) is 27.7 Å². The lowest BCUT2D eigenvalue weighted by Gasteiger charge is -2.29. The molecule has 9 heteroatoms. The van der Waals surface area contributed by atoms with E-state index >= 15 is 0 Å². The Bertz CT molecular complexity index is 1220. The molecule has 2 N–H and O–H groups in total. The SMILES string of the molecule is COCC(=O)Nc1cccc(CN2C(=O)c3ccc(Cl)cc3NC(=O)[C@H]2Cc2ccccn2)c1. The molecule has 0 radical (unpaired) electrons. The molecule has 2 aromatic carbocycles. The highest BCUT2D eigenvalue weighted by Crippen LogP contribution is 2.29. The van der Waals surface area contributed by atoms with Crippen LogP contribution in [0.4, 0.5) is 11.4 Å². The number of amides is 3. The molecule has 3 aromatic rings. The molecule has 174 valence electrons. The Morgan fingerprint density at radius 2 is 2.00 bits per heavy atom.